The first-order valence-corrected chi connectivity index (χ1v) is 12.7. The number of ether oxygens (including phenoxy) is 3. The topological polar surface area (TPSA) is 81.7 Å². The number of hydrogen-bond acceptors (Lipinski definition) is 6. The van der Waals surface area contributed by atoms with Gasteiger partial charge in [0.25, 0.3) is 0 Å². The number of benzene rings is 2. The maximum Gasteiger partial charge on any atom is 0.433 e. The Morgan fingerprint density at radius 3 is 2.33 bits per heavy atom. The van der Waals surface area contributed by atoms with E-state index in [-0.39, 0.29) is 11.6 Å². The maximum absolute atomic E-state index is 13.8. The van der Waals surface area contributed by atoms with Crippen molar-refractivity contribution in [3.63, 3.8) is 0 Å². The molecular formula is C29H36F3N3O4. The Kier molecular flexibility index (Phi) is 9.19. The summed E-state index contributed by atoms with van der Waals surface area (Å²) in [5.74, 6) is 1.03. The molecule has 0 fully saturated rings. The molecule has 10 heteroatoms. The van der Waals surface area contributed by atoms with E-state index in [0.717, 1.165) is 6.07 Å². The summed E-state index contributed by atoms with van der Waals surface area (Å²) in [5, 5.41) is 6.57. The van der Waals surface area contributed by atoms with Crippen LogP contribution in [0.4, 0.5) is 23.7 Å². The number of fused-ring (bicyclic) bond motifs is 1. The van der Waals surface area contributed by atoms with Gasteiger partial charge in [0.2, 0.25) is 0 Å². The zero-order valence-corrected chi connectivity index (χ0v) is 23.4. The minimum absolute atomic E-state index is 0.146. The van der Waals surface area contributed by atoms with Crippen molar-refractivity contribution < 1.29 is 32.2 Å². The Morgan fingerprint density at radius 2 is 1.72 bits per heavy atom. The summed E-state index contributed by atoms with van der Waals surface area (Å²) >= 11 is 0. The van der Waals surface area contributed by atoms with Crippen molar-refractivity contribution in [2.75, 3.05) is 26.1 Å². The first-order chi connectivity index (χ1) is 18.2. The first-order valence-electron chi connectivity index (χ1n) is 12.7. The highest BCUT2D eigenvalue weighted by atomic mass is 19.4. The smallest absolute Gasteiger partial charge is 0.433 e. The second-order valence-corrected chi connectivity index (χ2v) is 10.4. The number of pyridine rings is 1. The minimum atomic E-state index is -4.61. The van der Waals surface area contributed by atoms with Crippen LogP contribution in [-0.4, -0.2) is 43.5 Å². The van der Waals surface area contributed by atoms with Crippen molar-refractivity contribution in [3.8, 4) is 22.6 Å². The molecule has 2 aromatic carbocycles. The average molecular weight is 548 g/mol. The number of hydrogen-bond donors (Lipinski definition) is 2. The molecule has 39 heavy (non-hydrogen) atoms. The maximum atomic E-state index is 13.8. The lowest BCUT2D eigenvalue weighted by Gasteiger charge is -2.23. The number of anilines is 1. The van der Waals surface area contributed by atoms with Gasteiger partial charge in [0.05, 0.1) is 25.4 Å². The van der Waals surface area contributed by atoms with Gasteiger partial charge in [-0.15, -0.1) is 0 Å². The van der Waals surface area contributed by atoms with Gasteiger partial charge in [0.1, 0.15) is 22.8 Å². The van der Waals surface area contributed by atoms with Gasteiger partial charge in [-0.05, 0) is 65.2 Å². The molecule has 0 spiro atoms. The molecule has 212 valence electrons. The Hall–Kier alpha value is -3.69. The van der Waals surface area contributed by atoms with E-state index in [1.807, 2.05) is 25.1 Å². The van der Waals surface area contributed by atoms with E-state index in [2.05, 4.69) is 15.6 Å². The highest BCUT2D eigenvalue weighted by molar-refractivity contribution is 6.07. The molecule has 0 saturated heterocycles. The van der Waals surface area contributed by atoms with Crippen LogP contribution in [0.2, 0.25) is 0 Å². The fourth-order valence-electron chi connectivity index (χ4n) is 4.36. The Labute approximate surface area is 227 Å². The predicted octanol–water partition coefficient (Wildman–Crippen LogP) is 7.35. The van der Waals surface area contributed by atoms with Crippen molar-refractivity contribution in [2.45, 2.75) is 65.3 Å². The third kappa shape index (κ3) is 7.46. The summed E-state index contributed by atoms with van der Waals surface area (Å²) in [6.45, 7) is 9.31. The molecule has 0 aliphatic carbocycles. The number of methoxy groups -OCH3 is 2. The average Bonchev–Trinajstić information content (AvgIpc) is 2.84. The highest BCUT2D eigenvalue weighted by Crippen LogP contribution is 2.46. The Balaban J connectivity index is 2.00. The Bertz CT molecular complexity index is 1320. The SMILES string of the molecule is COc1ccccc1-c1c(OC)cc(NC(C)CCCNC(=O)OC(C)(C)C)c2nc(C(F)(F)F)cc(C)c12. The number of halogens is 3. The zero-order valence-electron chi connectivity index (χ0n) is 23.4. The number of aryl methyl sites for hydroxylation is 1. The molecule has 1 heterocycles. The van der Waals surface area contributed by atoms with Crippen LogP contribution in [0.25, 0.3) is 22.0 Å². The van der Waals surface area contributed by atoms with Crippen molar-refractivity contribution in [3.05, 3.63) is 47.7 Å². The molecule has 3 rings (SSSR count). The number of carbonyl (C=O) groups is 1. The number of amides is 1. The number of nitrogens with zero attached hydrogens (tertiary/aromatic N) is 1. The number of para-hydroxylation sites is 1. The first kappa shape index (κ1) is 29.9. The lowest BCUT2D eigenvalue weighted by molar-refractivity contribution is -0.141. The van der Waals surface area contributed by atoms with E-state index >= 15 is 0 Å². The quantitative estimate of drug-likeness (QED) is 0.273. The van der Waals surface area contributed by atoms with E-state index in [1.54, 1.807) is 39.8 Å². The predicted molar refractivity (Wildman–Crippen MR) is 147 cm³/mol. The number of alkyl carbamates (subject to hydrolysis) is 1. The molecule has 0 bridgehead atoms. The molecule has 0 radical (unpaired) electrons. The van der Waals surface area contributed by atoms with Crippen LogP contribution < -0.4 is 20.1 Å². The van der Waals surface area contributed by atoms with Crippen molar-refractivity contribution in [1.82, 2.24) is 10.3 Å². The van der Waals surface area contributed by atoms with Gasteiger partial charge in [-0.2, -0.15) is 13.2 Å². The second kappa shape index (κ2) is 12.0. The minimum Gasteiger partial charge on any atom is -0.496 e. The van der Waals surface area contributed by atoms with Crippen LogP contribution in [0.15, 0.2) is 36.4 Å². The van der Waals surface area contributed by atoms with Crippen LogP contribution in [0, 0.1) is 6.92 Å². The molecular weight excluding hydrogens is 511 g/mol. The number of aromatic nitrogens is 1. The van der Waals surface area contributed by atoms with Gasteiger partial charge in [0.15, 0.2) is 0 Å². The lowest BCUT2D eigenvalue weighted by atomic mass is 9.94. The molecule has 0 saturated carbocycles. The fraction of sp³-hybridized carbons (Fsp3) is 0.448. The molecule has 1 atom stereocenters. The van der Waals surface area contributed by atoms with Crippen LogP contribution in [0.5, 0.6) is 11.5 Å². The standard InChI is InChI=1S/C29H36F3N3O4/c1-17-15-23(29(30,31)32)35-26-20(34-18(2)11-10-14-33-27(36)39-28(3,4)5)16-22(38-7)25(24(17)26)19-12-8-9-13-21(19)37-6/h8-9,12-13,15-16,18,34H,10-11,14H2,1-7H3,(H,33,36). The molecule has 7 nitrogen and oxygen atoms in total. The van der Waals surface area contributed by atoms with Crippen LogP contribution in [0.3, 0.4) is 0 Å². The van der Waals surface area contributed by atoms with E-state index < -0.39 is 23.6 Å². The largest absolute Gasteiger partial charge is 0.496 e. The van der Waals surface area contributed by atoms with Gasteiger partial charge in [-0.1, -0.05) is 18.2 Å². The summed E-state index contributed by atoms with van der Waals surface area (Å²) in [7, 11) is 3.05. The van der Waals surface area contributed by atoms with E-state index in [9.17, 15) is 18.0 Å². The van der Waals surface area contributed by atoms with Crippen LogP contribution in [-0.2, 0) is 10.9 Å². The van der Waals surface area contributed by atoms with E-state index in [4.69, 9.17) is 14.2 Å². The van der Waals surface area contributed by atoms with Gasteiger partial charge < -0.3 is 24.8 Å². The molecule has 1 amide bonds. The molecule has 1 aromatic heterocycles. The number of alkyl halides is 3. The zero-order chi connectivity index (χ0) is 29.0. The summed E-state index contributed by atoms with van der Waals surface area (Å²) < 4.78 is 57.9. The van der Waals surface area contributed by atoms with Crippen molar-refractivity contribution in [2.24, 2.45) is 0 Å². The van der Waals surface area contributed by atoms with E-state index in [1.165, 1.54) is 14.2 Å². The van der Waals surface area contributed by atoms with Crippen molar-refractivity contribution in [1.29, 1.82) is 0 Å². The molecule has 1 unspecified atom stereocenters. The monoisotopic (exact) mass is 547 g/mol. The third-order valence-electron chi connectivity index (χ3n) is 6.01. The third-order valence-corrected chi connectivity index (χ3v) is 6.01. The normalized spacial score (nSPS) is 12.7. The molecule has 2 N–H and O–H groups in total. The van der Waals surface area contributed by atoms with Crippen molar-refractivity contribution >= 4 is 22.7 Å². The molecule has 3 aromatic rings. The summed E-state index contributed by atoms with van der Waals surface area (Å²) in [6, 6.07) is 9.84. The summed E-state index contributed by atoms with van der Waals surface area (Å²) in [5.41, 5.74) is 0.730. The summed E-state index contributed by atoms with van der Waals surface area (Å²) in [4.78, 5) is 16.0. The van der Waals surface area contributed by atoms with Crippen LogP contribution >= 0.6 is 0 Å². The molecule has 0 aliphatic rings. The van der Waals surface area contributed by atoms with E-state index in [0.29, 0.717) is 58.6 Å². The second-order valence-electron chi connectivity index (χ2n) is 10.4. The fourth-order valence-corrected chi connectivity index (χ4v) is 4.36. The van der Waals surface area contributed by atoms with Gasteiger partial charge >= 0.3 is 12.3 Å². The summed E-state index contributed by atoms with van der Waals surface area (Å²) in [6.07, 6.45) is -3.85. The number of nitrogens with one attached hydrogen (secondary N) is 2. The van der Waals surface area contributed by atoms with Gasteiger partial charge in [-0.25, -0.2) is 9.78 Å². The molecule has 0 aliphatic heterocycles. The lowest BCUT2D eigenvalue weighted by Crippen LogP contribution is -2.33. The van der Waals surface area contributed by atoms with Crippen LogP contribution in [0.1, 0.15) is 51.8 Å². The Morgan fingerprint density at radius 1 is 1.05 bits per heavy atom. The number of carbonyl (C=O) groups excluding carboxylic acids is 1. The highest BCUT2D eigenvalue weighted by Gasteiger charge is 2.34. The number of rotatable bonds is 9. The van der Waals surface area contributed by atoms with Gasteiger partial charge in [0, 0.05) is 35.2 Å². The van der Waals surface area contributed by atoms with Gasteiger partial charge in [-0.3, -0.25) is 0 Å².